The molecule has 4 rings (SSSR count). The molecular weight excluding hydrogens is 316 g/mol. The van der Waals surface area contributed by atoms with Crippen molar-refractivity contribution in [3.63, 3.8) is 0 Å². The molecule has 0 bridgehead atoms. The lowest BCUT2D eigenvalue weighted by atomic mass is 9.98. The van der Waals surface area contributed by atoms with Gasteiger partial charge in [0.1, 0.15) is 0 Å². The highest BCUT2D eigenvalue weighted by molar-refractivity contribution is 6.31. The van der Waals surface area contributed by atoms with Gasteiger partial charge >= 0.3 is 0 Å². The summed E-state index contributed by atoms with van der Waals surface area (Å²) in [7, 11) is 0. The van der Waals surface area contributed by atoms with Gasteiger partial charge in [0.05, 0.1) is 17.4 Å². The third-order valence-corrected chi connectivity index (χ3v) is 4.65. The molecule has 1 aliphatic rings. The molecule has 0 saturated carbocycles. The van der Waals surface area contributed by atoms with Crippen molar-refractivity contribution >= 4 is 23.0 Å². The zero-order chi connectivity index (χ0) is 16.4. The first-order chi connectivity index (χ1) is 11.8. The molecule has 2 nitrogen and oxygen atoms in total. The molecule has 24 heavy (non-hydrogen) atoms. The molecule has 3 aromatic carbocycles. The Hall–Kier alpha value is -2.58. The van der Waals surface area contributed by atoms with E-state index in [-0.39, 0.29) is 6.04 Å². The smallest absolute Gasteiger partial charge is 0.0846 e. The fourth-order valence-corrected chi connectivity index (χ4v) is 3.38. The van der Waals surface area contributed by atoms with E-state index < -0.39 is 0 Å². The monoisotopic (exact) mass is 332 g/mol. The van der Waals surface area contributed by atoms with E-state index in [1.54, 1.807) is 0 Å². The van der Waals surface area contributed by atoms with E-state index in [4.69, 9.17) is 16.7 Å². The van der Waals surface area contributed by atoms with Crippen molar-refractivity contribution in [1.29, 1.82) is 0 Å². The van der Waals surface area contributed by atoms with E-state index in [0.29, 0.717) is 0 Å². The summed E-state index contributed by atoms with van der Waals surface area (Å²) < 4.78 is 0. The van der Waals surface area contributed by atoms with Crippen LogP contribution >= 0.6 is 11.6 Å². The molecule has 1 heterocycles. The molecule has 0 amide bonds. The maximum Gasteiger partial charge on any atom is 0.0846 e. The van der Waals surface area contributed by atoms with Crippen molar-refractivity contribution in [2.75, 3.05) is 5.01 Å². The predicted octanol–water partition coefficient (Wildman–Crippen LogP) is 5.70. The van der Waals surface area contributed by atoms with E-state index in [1.165, 1.54) is 0 Å². The minimum absolute atomic E-state index is 0.108. The molecule has 1 unspecified atom stereocenters. The first-order valence-electron chi connectivity index (χ1n) is 8.04. The number of rotatable bonds is 3. The van der Waals surface area contributed by atoms with Crippen LogP contribution in [-0.4, -0.2) is 5.71 Å². The molecule has 1 aliphatic heterocycles. The van der Waals surface area contributed by atoms with Crippen molar-refractivity contribution in [3.8, 4) is 0 Å². The normalized spacial score (nSPS) is 17.0. The fraction of sp³-hybridized carbons (Fsp3) is 0.0952. The minimum atomic E-state index is 0.108. The fourth-order valence-electron chi connectivity index (χ4n) is 3.12. The van der Waals surface area contributed by atoms with Crippen LogP contribution in [-0.2, 0) is 0 Å². The van der Waals surface area contributed by atoms with Crippen molar-refractivity contribution in [2.24, 2.45) is 5.10 Å². The van der Waals surface area contributed by atoms with Gasteiger partial charge in [0.2, 0.25) is 0 Å². The number of halogens is 1. The molecule has 0 spiro atoms. The number of nitrogens with zero attached hydrogens (tertiary/aromatic N) is 2. The Morgan fingerprint density at radius 1 is 0.792 bits per heavy atom. The predicted molar refractivity (Wildman–Crippen MR) is 101 cm³/mol. The van der Waals surface area contributed by atoms with Gasteiger partial charge in [0, 0.05) is 11.4 Å². The van der Waals surface area contributed by atoms with Gasteiger partial charge in [-0.3, -0.25) is 5.01 Å². The zero-order valence-electron chi connectivity index (χ0n) is 13.1. The molecule has 0 aromatic heterocycles. The van der Waals surface area contributed by atoms with Gasteiger partial charge in [-0.25, -0.2) is 0 Å². The number of hydrazone groups is 1. The van der Waals surface area contributed by atoms with Gasteiger partial charge in [-0.15, -0.1) is 0 Å². The van der Waals surface area contributed by atoms with Gasteiger partial charge in [-0.1, -0.05) is 78.3 Å². The van der Waals surface area contributed by atoms with Crippen LogP contribution in [0.2, 0.25) is 5.02 Å². The molecule has 0 N–H and O–H groups in total. The van der Waals surface area contributed by atoms with E-state index in [2.05, 4.69) is 35.3 Å². The molecule has 3 heteroatoms. The summed E-state index contributed by atoms with van der Waals surface area (Å²) in [6.07, 6.45) is 0.836. The Kier molecular flexibility index (Phi) is 4.06. The first-order valence-corrected chi connectivity index (χ1v) is 8.42. The van der Waals surface area contributed by atoms with Crippen LogP contribution < -0.4 is 5.01 Å². The molecule has 0 aliphatic carbocycles. The molecule has 0 saturated heterocycles. The van der Waals surface area contributed by atoms with E-state index in [9.17, 15) is 0 Å². The quantitative estimate of drug-likeness (QED) is 0.601. The number of para-hydroxylation sites is 1. The van der Waals surface area contributed by atoms with Crippen LogP contribution in [0.25, 0.3) is 0 Å². The third-order valence-electron chi connectivity index (χ3n) is 4.30. The largest absolute Gasteiger partial charge is 0.257 e. The van der Waals surface area contributed by atoms with Gasteiger partial charge in [0.15, 0.2) is 0 Å². The Balaban J connectivity index is 1.78. The summed E-state index contributed by atoms with van der Waals surface area (Å²) in [5.74, 6) is 0. The third kappa shape index (κ3) is 2.81. The highest BCUT2D eigenvalue weighted by Gasteiger charge is 2.30. The number of hydrogen-bond donors (Lipinski definition) is 0. The van der Waals surface area contributed by atoms with Crippen molar-refractivity contribution in [1.82, 2.24) is 0 Å². The summed E-state index contributed by atoms with van der Waals surface area (Å²) in [5.41, 5.74) is 4.43. The first kappa shape index (κ1) is 15.0. The standard InChI is InChI=1S/C21H17ClN2/c22-19-14-8-7-13-18(19)21-15-20(16-9-3-1-4-10-16)23-24(21)17-11-5-2-6-12-17/h1-14,21H,15H2. The van der Waals surface area contributed by atoms with Gasteiger partial charge in [-0.05, 0) is 29.3 Å². The van der Waals surface area contributed by atoms with E-state index in [0.717, 1.165) is 34.0 Å². The topological polar surface area (TPSA) is 15.6 Å². The maximum absolute atomic E-state index is 6.47. The average molecular weight is 333 g/mol. The molecule has 1 atom stereocenters. The van der Waals surface area contributed by atoms with Crippen LogP contribution in [0.1, 0.15) is 23.6 Å². The Morgan fingerprint density at radius 3 is 2.12 bits per heavy atom. The Bertz CT molecular complexity index is 859. The van der Waals surface area contributed by atoms with Gasteiger partial charge in [-0.2, -0.15) is 5.10 Å². The van der Waals surface area contributed by atoms with Gasteiger partial charge < -0.3 is 0 Å². The van der Waals surface area contributed by atoms with Crippen LogP contribution in [0.5, 0.6) is 0 Å². The zero-order valence-corrected chi connectivity index (χ0v) is 13.9. The lowest BCUT2D eigenvalue weighted by Gasteiger charge is -2.24. The van der Waals surface area contributed by atoms with Crippen molar-refractivity contribution in [3.05, 3.63) is 101 Å². The molecule has 3 aromatic rings. The molecule has 0 fully saturated rings. The molecular formula is C21H17ClN2. The van der Waals surface area contributed by atoms with Crippen molar-refractivity contribution in [2.45, 2.75) is 12.5 Å². The van der Waals surface area contributed by atoms with Crippen LogP contribution in [0.15, 0.2) is 90.0 Å². The number of hydrogen-bond acceptors (Lipinski definition) is 2. The van der Waals surface area contributed by atoms with Gasteiger partial charge in [0.25, 0.3) is 0 Å². The van der Waals surface area contributed by atoms with E-state index >= 15 is 0 Å². The molecule has 118 valence electrons. The second-order valence-electron chi connectivity index (χ2n) is 5.83. The van der Waals surface area contributed by atoms with E-state index in [1.807, 2.05) is 54.6 Å². The second-order valence-corrected chi connectivity index (χ2v) is 6.24. The minimum Gasteiger partial charge on any atom is -0.257 e. The highest BCUT2D eigenvalue weighted by atomic mass is 35.5. The maximum atomic E-state index is 6.47. The summed E-state index contributed by atoms with van der Waals surface area (Å²) >= 11 is 6.47. The summed E-state index contributed by atoms with van der Waals surface area (Å²) in [4.78, 5) is 0. The molecule has 0 radical (unpaired) electrons. The van der Waals surface area contributed by atoms with Crippen LogP contribution in [0.3, 0.4) is 0 Å². The highest BCUT2D eigenvalue weighted by Crippen LogP contribution is 2.39. The summed E-state index contributed by atoms with van der Waals surface area (Å²) in [5, 5.41) is 7.79. The average Bonchev–Trinajstić information content (AvgIpc) is 3.09. The SMILES string of the molecule is Clc1ccccc1C1CC(c2ccccc2)=NN1c1ccccc1. The Morgan fingerprint density at radius 2 is 1.42 bits per heavy atom. The lowest BCUT2D eigenvalue weighted by molar-refractivity contribution is 0.709. The van der Waals surface area contributed by atoms with Crippen LogP contribution in [0.4, 0.5) is 5.69 Å². The van der Waals surface area contributed by atoms with Crippen LogP contribution in [0, 0.1) is 0 Å². The number of benzene rings is 3. The number of anilines is 1. The Labute approximate surface area is 147 Å². The second kappa shape index (κ2) is 6.50. The van der Waals surface area contributed by atoms with Crippen molar-refractivity contribution < 1.29 is 0 Å². The summed E-state index contributed by atoms with van der Waals surface area (Å²) in [6.45, 7) is 0. The lowest BCUT2D eigenvalue weighted by Crippen LogP contribution is -2.18. The summed E-state index contributed by atoms with van der Waals surface area (Å²) in [6, 6.07) is 28.7.